The van der Waals surface area contributed by atoms with Crippen LogP contribution < -0.4 is 4.74 Å². The Balaban J connectivity index is 1.92. The summed E-state index contributed by atoms with van der Waals surface area (Å²) in [5, 5.41) is 0.0777. The first kappa shape index (κ1) is 16.0. The molecule has 0 aliphatic carbocycles. The van der Waals surface area contributed by atoms with Crippen LogP contribution in [0.1, 0.15) is 6.42 Å². The Bertz CT molecular complexity index is 650. The molecular formula is C13H15ClFNO4S. The number of ether oxygens (including phenoxy) is 1. The van der Waals surface area contributed by atoms with Gasteiger partial charge in [0.25, 0.3) is 5.91 Å². The third-order valence-electron chi connectivity index (χ3n) is 3.39. The lowest BCUT2D eigenvalue weighted by Gasteiger charge is -2.23. The van der Waals surface area contributed by atoms with Crippen molar-refractivity contribution >= 4 is 27.3 Å². The minimum atomic E-state index is -3.05. The summed E-state index contributed by atoms with van der Waals surface area (Å²) in [5.41, 5.74) is 0. The Kier molecular flexibility index (Phi) is 4.73. The first-order valence-corrected chi connectivity index (χ1v) is 8.52. The van der Waals surface area contributed by atoms with Gasteiger partial charge in [-0.3, -0.25) is 4.79 Å². The van der Waals surface area contributed by atoms with Gasteiger partial charge in [0, 0.05) is 13.1 Å². The first-order chi connectivity index (χ1) is 9.78. The van der Waals surface area contributed by atoms with Gasteiger partial charge in [0.05, 0.1) is 16.5 Å². The zero-order chi connectivity index (χ0) is 15.6. The molecule has 1 aliphatic heterocycles. The zero-order valence-electron chi connectivity index (χ0n) is 11.4. The number of carbonyl (C=O) groups excluding carboxylic acids is 1. The molecule has 1 amide bonds. The van der Waals surface area contributed by atoms with Crippen LogP contribution in [0.2, 0.25) is 5.02 Å². The van der Waals surface area contributed by atoms with Crippen molar-refractivity contribution in [3.63, 3.8) is 0 Å². The third kappa shape index (κ3) is 4.07. The van der Waals surface area contributed by atoms with E-state index in [2.05, 4.69) is 0 Å². The monoisotopic (exact) mass is 335 g/mol. The summed E-state index contributed by atoms with van der Waals surface area (Å²) in [5.74, 6) is -0.560. The molecule has 0 spiro atoms. The Morgan fingerprint density at radius 2 is 2.24 bits per heavy atom. The van der Waals surface area contributed by atoms with Crippen LogP contribution in [0, 0.1) is 5.82 Å². The number of carbonyl (C=O) groups is 1. The molecule has 0 N–H and O–H groups in total. The minimum absolute atomic E-state index is 0.0213. The van der Waals surface area contributed by atoms with Crippen molar-refractivity contribution in [3.8, 4) is 5.75 Å². The van der Waals surface area contributed by atoms with Crippen molar-refractivity contribution < 1.29 is 22.3 Å². The van der Waals surface area contributed by atoms with Gasteiger partial charge < -0.3 is 9.64 Å². The van der Waals surface area contributed by atoms with Crippen LogP contribution in [0.5, 0.6) is 5.75 Å². The highest BCUT2D eigenvalue weighted by Gasteiger charge is 2.32. The predicted octanol–water partition coefficient (Wildman–Crippen LogP) is 1.50. The van der Waals surface area contributed by atoms with E-state index >= 15 is 0 Å². The summed E-state index contributed by atoms with van der Waals surface area (Å²) in [4.78, 5) is 13.4. The summed E-state index contributed by atoms with van der Waals surface area (Å²) in [6.07, 6.45) is 0.432. The highest BCUT2D eigenvalue weighted by molar-refractivity contribution is 7.91. The molecule has 1 heterocycles. The maximum atomic E-state index is 12.9. The first-order valence-electron chi connectivity index (χ1n) is 6.32. The average molecular weight is 336 g/mol. The molecule has 0 aromatic heterocycles. The van der Waals surface area contributed by atoms with Crippen LogP contribution in [-0.2, 0) is 14.6 Å². The highest BCUT2D eigenvalue weighted by atomic mass is 35.5. The second-order valence-corrected chi connectivity index (χ2v) is 7.56. The van der Waals surface area contributed by atoms with E-state index in [9.17, 15) is 17.6 Å². The number of rotatable bonds is 4. The van der Waals surface area contributed by atoms with Crippen molar-refractivity contribution in [1.82, 2.24) is 4.90 Å². The Morgan fingerprint density at radius 1 is 1.52 bits per heavy atom. The number of sulfone groups is 1. The summed E-state index contributed by atoms with van der Waals surface area (Å²) >= 11 is 5.79. The van der Waals surface area contributed by atoms with E-state index in [1.807, 2.05) is 0 Å². The van der Waals surface area contributed by atoms with Gasteiger partial charge in [-0.1, -0.05) is 11.6 Å². The maximum absolute atomic E-state index is 12.9. The van der Waals surface area contributed by atoms with Crippen LogP contribution in [0.25, 0.3) is 0 Å². The summed E-state index contributed by atoms with van der Waals surface area (Å²) < 4.78 is 40.9. The number of amides is 1. The lowest BCUT2D eigenvalue weighted by Crippen LogP contribution is -2.40. The Labute approximate surface area is 127 Å². The number of benzene rings is 1. The lowest BCUT2D eigenvalue weighted by atomic mass is 10.2. The maximum Gasteiger partial charge on any atom is 0.260 e. The predicted molar refractivity (Wildman–Crippen MR) is 76.7 cm³/mol. The topological polar surface area (TPSA) is 63.7 Å². The van der Waals surface area contributed by atoms with Gasteiger partial charge >= 0.3 is 0 Å². The van der Waals surface area contributed by atoms with Gasteiger partial charge in [-0.15, -0.1) is 0 Å². The van der Waals surface area contributed by atoms with Crippen molar-refractivity contribution in [2.24, 2.45) is 0 Å². The summed E-state index contributed by atoms with van der Waals surface area (Å²) in [7, 11) is -1.50. The van der Waals surface area contributed by atoms with Crippen LogP contribution in [0.4, 0.5) is 4.39 Å². The quantitative estimate of drug-likeness (QED) is 0.836. The van der Waals surface area contributed by atoms with E-state index < -0.39 is 15.7 Å². The van der Waals surface area contributed by atoms with Gasteiger partial charge in [-0.05, 0) is 24.6 Å². The minimum Gasteiger partial charge on any atom is -0.482 e. The molecular weight excluding hydrogens is 321 g/mol. The number of halogens is 2. The van der Waals surface area contributed by atoms with Crippen molar-refractivity contribution in [2.45, 2.75) is 12.5 Å². The largest absolute Gasteiger partial charge is 0.482 e. The molecule has 21 heavy (non-hydrogen) atoms. The van der Waals surface area contributed by atoms with Crippen molar-refractivity contribution in [1.29, 1.82) is 0 Å². The molecule has 1 fully saturated rings. The number of nitrogens with zero attached hydrogens (tertiary/aromatic N) is 1. The molecule has 2 rings (SSSR count). The molecule has 0 saturated carbocycles. The van der Waals surface area contributed by atoms with E-state index in [0.717, 1.165) is 6.07 Å². The SMILES string of the molecule is CN(C(=O)COc1ccc(F)cc1Cl)[C@@H]1CCS(=O)(=O)C1. The molecule has 1 saturated heterocycles. The summed E-state index contributed by atoms with van der Waals surface area (Å²) in [6.45, 7) is -0.279. The highest BCUT2D eigenvalue weighted by Crippen LogP contribution is 2.25. The molecule has 116 valence electrons. The average Bonchev–Trinajstić information content (AvgIpc) is 2.77. The molecule has 1 aromatic rings. The van der Waals surface area contributed by atoms with E-state index in [4.69, 9.17) is 16.3 Å². The molecule has 0 bridgehead atoms. The smallest absolute Gasteiger partial charge is 0.260 e. The van der Waals surface area contributed by atoms with Crippen LogP contribution in [-0.4, -0.2) is 50.4 Å². The summed E-state index contributed by atoms with van der Waals surface area (Å²) in [6, 6.07) is 3.29. The van der Waals surface area contributed by atoms with Crippen molar-refractivity contribution in [3.05, 3.63) is 29.0 Å². The molecule has 8 heteroatoms. The fourth-order valence-electron chi connectivity index (χ4n) is 2.12. The zero-order valence-corrected chi connectivity index (χ0v) is 13.0. The van der Waals surface area contributed by atoms with Crippen LogP contribution in [0.3, 0.4) is 0 Å². The molecule has 1 aromatic carbocycles. The standard InChI is InChI=1S/C13H15ClFNO4S/c1-16(10-4-5-21(18,19)8-10)13(17)7-20-12-3-2-9(15)6-11(12)14/h2-3,6,10H,4-5,7-8H2,1H3/t10-/m1/s1. The molecule has 0 unspecified atom stereocenters. The van der Waals surface area contributed by atoms with Gasteiger partial charge in [-0.25, -0.2) is 12.8 Å². The second kappa shape index (κ2) is 6.19. The number of likely N-dealkylation sites (N-methyl/N-ethyl adjacent to an activating group) is 1. The van der Waals surface area contributed by atoms with Crippen LogP contribution in [0.15, 0.2) is 18.2 Å². The normalized spacial score (nSPS) is 20.2. The fraction of sp³-hybridized carbons (Fsp3) is 0.462. The Hall–Kier alpha value is -1.34. The molecule has 1 aliphatic rings. The fourth-order valence-corrected chi connectivity index (χ4v) is 4.11. The van der Waals surface area contributed by atoms with Gasteiger partial charge in [-0.2, -0.15) is 0 Å². The van der Waals surface area contributed by atoms with Gasteiger partial charge in [0.1, 0.15) is 11.6 Å². The van der Waals surface area contributed by atoms with Gasteiger partial charge in [0.2, 0.25) is 0 Å². The lowest BCUT2D eigenvalue weighted by molar-refractivity contribution is -0.133. The van der Waals surface area contributed by atoms with Gasteiger partial charge in [0.15, 0.2) is 16.4 Å². The van der Waals surface area contributed by atoms with Crippen molar-refractivity contribution in [2.75, 3.05) is 25.2 Å². The van der Waals surface area contributed by atoms with E-state index in [0.29, 0.717) is 6.42 Å². The van der Waals surface area contributed by atoms with E-state index in [1.54, 1.807) is 7.05 Å². The molecule has 5 nitrogen and oxygen atoms in total. The number of hydrogen-bond acceptors (Lipinski definition) is 4. The number of hydrogen-bond donors (Lipinski definition) is 0. The molecule has 1 atom stereocenters. The second-order valence-electron chi connectivity index (χ2n) is 4.92. The van der Waals surface area contributed by atoms with E-state index in [1.165, 1.54) is 17.0 Å². The Morgan fingerprint density at radius 3 is 2.81 bits per heavy atom. The van der Waals surface area contributed by atoms with Crippen LogP contribution >= 0.6 is 11.6 Å². The third-order valence-corrected chi connectivity index (χ3v) is 5.44. The van der Waals surface area contributed by atoms with E-state index in [-0.39, 0.29) is 40.8 Å². The molecule has 0 radical (unpaired) electrons.